The van der Waals surface area contributed by atoms with Gasteiger partial charge in [0.1, 0.15) is 9.76 Å². The van der Waals surface area contributed by atoms with Crippen LogP contribution in [0, 0.1) is 0 Å². The summed E-state index contributed by atoms with van der Waals surface area (Å²) in [6.45, 7) is 0. The van der Waals surface area contributed by atoms with Gasteiger partial charge in [0, 0.05) is 11.8 Å². The van der Waals surface area contributed by atoms with Gasteiger partial charge in [-0.2, -0.15) is 0 Å². The molecule has 2 aromatic rings. The van der Waals surface area contributed by atoms with Crippen LogP contribution in [-0.2, 0) is 0 Å². The molecule has 0 saturated heterocycles. The largest absolute Gasteiger partial charge is 0.256 e. The summed E-state index contributed by atoms with van der Waals surface area (Å²) in [6, 6.07) is 9.37. The fraction of sp³-hybridized carbons (Fsp3) is 0. The van der Waals surface area contributed by atoms with E-state index in [-0.39, 0.29) is 0 Å². The number of hydrogen-bond acceptors (Lipinski definition) is 2. The standard InChI is InChI=1S/C10H6BrClN2/c11-10-7(4-5-9(12)14-10)8-3-1-2-6-13-8/h1-6H. The average Bonchev–Trinajstić information content (AvgIpc) is 2.19. The summed E-state index contributed by atoms with van der Waals surface area (Å²) in [4.78, 5) is 8.32. The van der Waals surface area contributed by atoms with Gasteiger partial charge in [0.2, 0.25) is 0 Å². The molecule has 0 N–H and O–H groups in total. The van der Waals surface area contributed by atoms with Crippen LogP contribution in [0.1, 0.15) is 0 Å². The Bertz CT molecular complexity index is 445. The number of nitrogens with zero attached hydrogens (tertiary/aromatic N) is 2. The number of halogens is 2. The van der Waals surface area contributed by atoms with Crippen molar-refractivity contribution in [2.75, 3.05) is 0 Å². The molecule has 0 aliphatic carbocycles. The fourth-order valence-corrected chi connectivity index (χ4v) is 1.90. The van der Waals surface area contributed by atoms with Gasteiger partial charge in [-0.15, -0.1) is 0 Å². The van der Waals surface area contributed by atoms with Crippen molar-refractivity contribution in [3.05, 3.63) is 46.3 Å². The summed E-state index contributed by atoms with van der Waals surface area (Å²) < 4.78 is 0.712. The zero-order valence-corrected chi connectivity index (χ0v) is 9.46. The first-order valence-electron chi connectivity index (χ1n) is 4.01. The van der Waals surface area contributed by atoms with Crippen LogP contribution in [0.4, 0.5) is 0 Å². The fourth-order valence-electron chi connectivity index (χ4n) is 1.13. The third-order valence-corrected chi connectivity index (χ3v) is 2.57. The van der Waals surface area contributed by atoms with E-state index >= 15 is 0 Å². The molecule has 0 amide bonds. The molecule has 2 rings (SSSR count). The van der Waals surface area contributed by atoms with E-state index in [4.69, 9.17) is 11.6 Å². The minimum atomic E-state index is 0.469. The monoisotopic (exact) mass is 268 g/mol. The summed E-state index contributed by atoms with van der Waals surface area (Å²) in [7, 11) is 0. The predicted molar refractivity (Wildman–Crippen MR) is 60.2 cm³/mol. The molecule has 4 heteroatoms. The highest BCUT2D eigenvalue weighted by Crippen LogP contribution is 2.25. The van der Waals surface area contributed by atoms with E-state index in [0.717, 1.165) is 11.3 Å². The molecule has 14 heavy (non-hydrogen) atoms. The maximum Gasteiger partial charge on any atom is 0.130 e. The first kappa shape index (κ1) is 9.62. The van der Waals surface area contributed by atoms with Gasteiger partial charge in [0.05, 0.1) is 5.69 Å². The van der Waals surface area contributed by atoms with Gasteiger partial charge in [-0.3, -0.25) is 4.98 Å². The molecule has 0 atom stereocenters. The third kappa shape index (κ3) is 1.94. The normalized spacial score (nSPS) is 10.1. The molecule has 0 radical (unpaired) electrons. The number of hydrogen-bond donors (Lipinski definition) is 0. The minimum absolute atomic E-state index is 0.469. The Morgan fingerprint density at radius 2 is 2.00 bits per heavy atom. The van der Waals surface area contributed by atoms with Crippen molar-refractivity contribution in [1.29, 1.82) is 0 Å². The van der Waals surface area contributed by atoms with Crippen LogP contribution in [0.25, 0.3) is 11.3 Å². The van der Waals surface area contributed by atoms with E-state index in [1.54, 1.807) is 12.3 Å². The van der Waals surface area contributed by atoms with E-state index in [1.165, 1.54) is 0 Å². The van der Waals surface area contributed by atoms with Crippen LogP contribution < -0.4 is 0 Å². The molecule has 0 saturated carbocycles. The van der Waals surface area contributed by atoms with Crippen molar-refractivity contribution < 1.29 is 0 Å². The van der Waals surface area contributed by atoms with Crippen molar-refractivity contribution >= 4 is 27.5 Å². The molecule has 0 spiro atoms. The molecule has 0 aliphatic rings. The second kappa shape index (κ2) is 4.07. The molecule has 2 aromatic heterocycles. The lowest BCUT2D eigenvalue weighted by atomic mass is 10.2. The highest BCUT2D eigenvalue weighted by molar-refractivity contribution is 9.10. The second-order valence-electron chi connectivity index (χ2n) is 2.69. The van der Waals surface area contributed by atoms with Gasteiger partial charge in [-0.05, 0) is 40.2 Å². The molecule has 70 valence electrons. The van der Waals surface area contributed by atoms with Crippen LogP contribution >= 0.6 is 27.5 Å². The van der Waals surface area contributed by atoms with Crippen molar-refractivity contribution in [3.8, 4) is 11.3 Å². The molecule has 0 fully saturated rings. The Morgan fingerprint density at radius 3 is 2.64 bits per heavy atom. The van der Waals surface area contributed by atoms with Gasteiger partial charge in [-0.25, -0.2) is 4.98 Å². The third-order valence-electron chi connectivity index (χ3n) is 1.76. The Kier molecular flexibility index (Phi) is 2.79. The van der Waals surface area contributed by atoms with Crippen LogP contribution in [-0.4, -0.2) is 9.97 Å². The lowest BCUT2D eigenvalue weighted by molar-refractivity contribution is 1.24. The van der Waals surface area contributed by atoms with Crippen LogP contribution in [0.5, 0.6) is 0 Å². The molecule has 0 aliphatic heterocycles. The van der Waals surface area contributed by atoms with Gasteiger partial charge < -0.3 is 0 Å². The maximum atomic E-state index is 5.74. The Hall–Kier alpha value is -0.930. The smallest absolute Gasteiger partial charge is 0.130 e. The van der Waals surface area contributed by atoms with E-state index in [2.05, 4.69) is 25.9 Å². The van der Waals surface area contributed by atoms with E-state index in [1.807, 2.05) is 24.3 Å². The molecule has 0 bridgehead atoms. The van der Waals surface area contributed by atoms with Gasteiger partial charge in [0.25, 0.3) is 0 Å². The molecule has 0 aromatic carbocycles. The van der Waals surface area contributed by atoms with Crippen LogP contribution in [0.2, 0.25) is 5.15 Å². The highest BCUT2D eigenvalue weighted by atomic mass is 79.9. The Labute approximate surface area is 95.1 Å². The maximum absolute atomic E-state index is 5.74. The Balaban J connectivity index is 2.53. The van der Waals surface area contributed by atoms with E-state index in [0.29, 0.717) is 9.76 Å². The quantitative estimate of drug-likeness (QED) is 0.740. The van der Waals surface area contributed by atoms with E-state index < -0.39 is 0 Å². The van der Waals surface area contributed by atoms with Crippen LogP contribution in [0.3, 0.4) is 0 Å². The summed E-state index contributed by atoms with van der Waals surface area (Å²) >= 11 is 9.09. The molecular formula is C10H6BrClN2. The first-order chi connectivity index (χ1) is 6.77. The summed E-state index contributed by atoms with van der Waals surface area (Å²) in [5, 5.41) is 0.469. The zero-order chi connectivity index (χ0) is 9.97. The topological polar surface area (TPSA) is 25.8 Å². The number of pyridine rings is 2. The minimum Gasteiger partial charge on any atom is -0.256 e. The van der Waals surface area contributed by atoms with Crippen LogP contribution in [0.15, 0.2) is 41.1 Å². The first-order valence-corrected chi connectivity index (χ1v) is 5.18. The van der Waals surface area contributed by atoms with Crippen molar-refractivity contribution in [3.63, 3.8) is 0 Å². The molecule has 2 nitrogen and oxygen atoms in total. The van der Waals surface area contributed by atoms with Gasteiger partial charge >= 0.3 is 0 Å². The Morgan fingerprint density at radius 1 is 1.14 bits per heavy atom. The van der Waals surface area contributed by atoms with Crippen molar-refractivity contribution in [2.45, 2.75) is 0 Å². The summed E-state index contributed by atoms with van der Waals surface area (Å²) in [5.74, 6) is 0. The SMILES string of the molecule is Clc1ccc(-c2ccccn2)c(Br)n1. The number of rotatable bonds is 1. The van der Waals surface area contributed by atoms with Gasteiger partial charge in [0.15, 0.2) is 0 Å². The van der Waals surface area contributed by atoms with Crippen molar-refractivity contribution in [1.82, 2.24) is 9.97 Å². The zero-order valence-electron chi connectivity index (χ0n) is 7.11. The lowest BCUT2D eigenvalue weighted by Crippen LogP contribution is -1.86. The predicted octanol–water partition coefficient (Wildman–Crippen LogP) is 3.56. The summed E-state index contributed by atoms with van der Waals surface area (Å²) in [5.41, 5.74) is 1.82. The second-order valence-corrected chi connectivity index (χ2v) is 3.83. The summed E-state index contributed by atoms with van der Waals surface area (Å²) in [6.07, 6.45) is 1.75. The molecule has 2 heterocycles. The van der Waals surface area contributed by atoms with E-state index in [9.17, 15) is 0 Å². The number of aromatic nitrogens is 2. The van der Waals surface area contributed by atoms with Crippen molar-refractivity contribution in [2.24, 2.45) is 0 Å². The van der Waals surface area contributed by atoms with Gasteiger partial charge in [-0.1, -0.05) is 17.7 Å². The molecular weight excluding hydrogens is 263 g/mol. The average molecular weight is 270 g/mol. The highest BCUT2D eigenvalue weighted by Gasteiger charge is 2.04. The lowest BCUT2D eigenvalue weighted by Gasteiger charge is -2.02. The molecule has 0 unspecified atom stereocenters.